The lowest BCUT2D eigenvalue weighted by molar-refractivity contribution is -0.142. The number of hydrogen-bond donors (Lipinski definition) is 3. The summed E-state index contributed by atoms with van der Waals surface area (Å²) in [6.07, 6.45) is 4.77. The third-order valence-electron chi connectivity index (χ3n) is 5.13. The van der Waals surface area contributed by atoms with Crippen molar-refractivity contribution in [2.24, 2.45) is 11.8 Å². The van der Waals surface area contributed by atoms with Gasteiger partial charge in [0.1, 0.15) is 23.3 Å². The van der Waals surface area contributed by atoms with E-state index in [9.17, 15) is 25.1 Å². The number of amides is 1. The van der Waals surface area contributed by atoms with E-state index in [0.717, 1.165) is 12.8 Å². The highest BCUT2D eigenvalue weighted by molar-refractivity contribution is 6.03. The predicted octanol–water partition coefficient (Wildman–Crippen LogP) is 2.84. The SMILES string of the molecule is N#Cc1nc(C(=O)NCC(C(=O)O)C2CC2)c(O)c2ccc(Oc3cccnc3)cc12. The molecule has 2 heterocycles. The van der Waals surface area contributed by atoms with Gasteiger partial charge in [0.2, 0.25) is 0 Å². The number of hydrogen-bond acceptors (Lipinski definition) is 7. The molecule has 1 fully saturated rings. The van der Waals surface area contributed by atoms with Crippen molar-refractivity contribution >= 4 is 22.6 Å². The summed E-state index contributed by atoms with van der Waals surface area (Å²) in [6.45, 7) is -0.0717. The second kappa shape index (κ2) is 8.28. The molecule has 0 aliphatic heterocycles. The maximum absolute atomic E-state index is 12.6. The van der Waals surface area contributed by atoms with E-state index in [-0.39, 0.29) is 29.2 Å². The van der Waals surface area contributed by atoms with E-state index in [0.29, 0.717) is 16.9 Å². The zero-order valence-corrected chi connectivity index (χ0v) is 16.3. The molecule has 1 amide bonds. The summed E-state index contributed by atoms with van der Waals surface area (Å²) in [7, 11) is 0. The Kier molecular flexibility index (Phi) is 5.37. The minimum Gasteiger partial charge on any atom is -0.505 e. The Morgan fingerprint density at radius 3 is 2.71 bits per heavy atom. The van der Waals surface area contributed by atoms with Crippen LogP contribution in [0, 0.1) is 23.2 Å². The monoisotopic (exact) mass is 418 g/mol. The zero-order chi connectivity index (χ0) is 22.0. The lowest BCUT2D eigenvalue weighted by atomic mass is 10.0. The molecule has 2 aromatic heterocycles. The molecule has 0 bridgehead atoms. The van der Waals surface area contributed by atoms with Crippen molar-refractivity contribution in [3.63, 3.8) is 0 Å². The van der Waals surface area contributed by atoms with Gasteiger partial charge in [-0.1, -0.05) is 0 Å². The van der Waals surface area contributed by atoms with Gasteiger partial charge in [0, 0.05) is 23.5 Å². The second-order valence-corrected chi connectivity index (χ2v) is 7.26. The number of pyridine rings is 2. The average molecular weight is 418 g/mol. The summed E-state index contributed by atoms with van der Waals surface area (Å²) in [5.74, 6) is -1.84. The number of aromatic nitrogens is 2. The molecule has 1 unspecified atom stereocenters. The van der Waals surface area contributed by atoms with Gasteiger partial charge in [-0.2, -0.15) is 5.26 Å². The van der Waals surface area contributed by atoms with Crippen LogP contribution in [0.1, 0.15) is 29.0 Å². The molecule has 0 spiro atoms. The first-order valence-corrected chi connectivity index (χ1v) is 9.63. The fourth-order valence-electron chi connectivity index (χ4n) is 3.37. The van der Waals surface area contributed by atoms with Gasteiger partial charge in [0.05, 0.1) is 12.1 Å². The number of aliphatic carboxylic acids is 1. The Hall–Kier alpha value is -4.19. The third kappa shape index (κ3) is 4.23. The van der Waals surface area contributed by atoms with Gasteiger partial charge in [-0.25, -0.2) is 4.98 Å². The Bertz CT molecular complexity index is 1200. The number of benzene rings is 1. The molecule has 9 nitrogen and oxygen atoms in total. The molecule has 1 atom stereocenters. The zero-order valence-electron chi connectivity index (χ0n) is 16.3. The highest BCUT2D eigenvalue weighted by atomic mass is 16.5. The van der Waals surface area contributed by atoms with E-state index in [4.69, 9.17) is 4.74 Å². The Morgan fingerprint density at radius 2 is 2.06 bits per heavy atom. The van der Waals surface area contributed by atoms with Crippen molar-refractivity contribution in [3.05, 3.63) is 54.1 Å². The Morgan fingerprint density at radius 1 is 1.26 bits per heavy atom. The molecule has 1 aliphatic carbocycles. The normalized spacial score (nSPS) is 13.9. The molecule has 9 heteroatoms. The highest BCUT2D eigenvalue weighted by Gasteiger charge is 2.36. The van der Waals surface area contributed by atoms with Crippen LogP contribution < -0.4 is 10.1 Å². The second-order valence-electron chi connectivity index (χ2n) is 7.26. The van der Waals surface area contributed by atoms with Crippen LogP contribution >= 0.6 is 0 Å². The molecule has 4 rings (SSSR count). The van der Waals surface area contributed by atoms with Crippen LogP contribution in [-0.4, -0.2) is 38.6 Å². The van der Waals surface area contributed by atoms with Gasteiger partial charge < -0.3 is 20.3 Å². The topological polar surface area (TPSA) is 145 Å². The molecule has 1 aliphatic rings. The van der Waals surface area contributed by atoms with E-state index in [1.165, 1.54) is 12.3 Å². The minimum absolute atomic E-state index is 0.0452. The Labute approximate surface area is 176 Å². The molecule has 31 heavy (non-hydrogen) atoms. The smallest absolute Gasteiger partial charge is 0.308 e. The number of nitriles is 1. The first kappa shape index (κ1) is 20.1. The highest BCUT2D eigenvalue weighted by Crippen LogP contribution is 2.37. The maximum Gasteiger partial charge on any atom is 0.308 e. The fraction of sp³-hybridized carbons (Fsp3) is 0.227. The van der Waals surface area contributed by atoms with Crippen LogP contribution in [0.15, 0.2) is 42.7 Å². The molecule has 3 aromatic rings. The van der Waals surface area contributed by atoms with E-state index in [1.807, 2.05) is 6.07 Å². The molecule has 0 saturated heterocycles. The van der Waals surface area contributed by atoms with Crippen LogP contribution in [0.3, 0.4) is 0 Å². The van der Waals surface area contributed by atoms with E-state index in [2.05, 4.69) is 15.3 Å². The van der Waals surface area contributed by atoms with E-state index in [1.54, 1.807) is 30.5 Å². The van der Waals surface area contributed by atoms with Crippen molar-refractivity contribution in [3.8, 4) is 23.3 Å². The number of ether oxygens (including phenoxy) is 1. The number of nitrogens with zero attached hydrogens (tertiary/aromatic N) is 3. The third-order valence-corrected chi connectivity index (χ3v) is 5.13. The first-order chi connectivity index (χ1) is 15.0. The van der Waals surface area contributed by atoms with Crippen LogP contribution in [-0.2, 0) is 4.79 Å². The van der Waals surface area contributed by atoms with Crippen molar-refractivity contribution < 1.29 is 24.5 Å². The van der Waals surface area contributed by atoms with Gasteiger partial charge in [-0.15, -0.1) is 0 Å². The molecular weight excluding hydrogens is 400 g/mol. The average Bonchev–Trinajstić information content (AvgIpc) is 3.60. The predicted molar refractivity (Wildman–Crippen MR) is 109 cm³/mol. The van der Waals surface area contributed by atoms with Crippen LogP contribution in [0.25, 0.3) is 10.8 Å². The number of carboxylic acid groups (broad SMARTS) is 1. The fourth-order valence-corrected chi connectivity index (χ4v) is 3.37. The number of carbonyl (C=O) groups excluding carboxylic acids is 1. The summed E-state index contributed by atoms with van der Waals surface area (Å²) >= 11 is 0. The Balaban J connectivity index is 1.62. The van der Waals surface area contributed by atoms with Crippen LogP contribution in [0.2, 0.25) is 0 Å². The minimum atomic E-state index is -0.975. The number of carboxylic acids is 1. The summed E-state index contributed by atoms with van der Waals surface area (Å²) < 4.78 is 5.70. The van der Waals surface area contributed by atoms with E-state index >= 15 is 0 Å². The number of carbonyl (C=O) groups is 2. The van der Waals surface area contributed by atoms with Gasteiger partial charge in [0.15, 0.2) is 11.4 Å². The largest absolute Gasteiger partial charge is 0.505 e. The van der Waals surface area contributed by atoms with Crippen molar-refractivity contribution in [1.82, 2.24) is 15.3 Å². The molecule has 1 aromatic carbocycles. The molecule has 156 valence electrons. The summed E-state index contributed by atoms with van der Waals surface area (Å²) in [4.78, 5) is 31.9. The van der Waals surface area contributed by atoms with Crippen molar-refractivity contribution in [1.29, 1.82) is 5.26 Å². The van der Waals surface area contributed by atoms with Crippen molar-refractivity contribution in [2.45, 2.75) is 12.8 Å². The molecule has 1 saturated carbocycles. The van der Waals surface area contributed by atoms with E-state index < -0.39 is 23.5 Å². The number of aromatic hydroxyl groups is 1. The van der Waals surface area contributed by atoms with Crippen LogP contribution in [0.5, 0.6) is 17.2 Å². The molecular formula is C22H18N4O5. The van der Waals surface area contributed by atoms with Gasteiger partial charge in [-0.05, 0) is 49.1 Å². The number of rotatable bonds is 7. The lowest BCUT2D eigenvalue weighted by Crippen LogP contribution is -2.34. The molecule has 0 radical (unpaired) electrons. The quantitative estimate of drug-likeness (QED) is 0.531. The summed E-state index contributed by atoms with van der Waals surface area (Å²) in [6, 6.07) is 10.0. The standard InChI is InChI=1S/C22H18N4O5/c23-9-18-16-8-13(31-14-2-1-7-24-10-14)5-6-15(16)20(27)19(26-18)21(28)25-11-17(22(29)30)12-3-4-12/h1-2,5-8,10,12,17,27H,3-4,11H2,(H,25,28)(H,29,30). The van der Waals surface area contributed by atoms with Gasteiger partial charge in [0.25, 0.3) is 5.91 Å². The first-order valence-electron chi connectivity index (χ1n) is 9.63. The van der Waals surface area contributed by atoms with Crippen LogP contribution in [0.4, 0.5) is 0 Å². The van der Waals surface area contributed by atoms with Gasteiger partial charge in [-0.3, -0.25) is 14.6 Å². The number of fused-ring (bicyclic) bond motifs is 1. The molecule has 3 N–H and O–H groups in total. The van der Waals surface area contributed by atoms with Crippen molar-refractivity contribution in [2.75, 3.05) is 6.54 Å². The van der Waals surface area contributed by atoms with Gasteiger partial charge >= 0.3 is 5.97 Å². The lowest BCUT2D eigenvalue weighted by Gasteiger charge is -2.14. The summed E-state index contributed by atoms with van der Waals surface area (Å²) in [5, 5.41) is 32.5. The number of nitrogens with one attached hydrogen (secondary N) is 1. The maximum atomic E-state index is 12.6. The summed E-state index contributed by atoms with van der Waals surface area (Å²) in [5.41, 5.74) is -0.392.